The van der Waals surface area contributed by atoms with E-state index in [9.17, 15) is 9.59 Å². The molecule has 1 aromatic heterocycles. The summed E-state index contributed by atoms with van der Waals surface area (Å²) in [5.41, 5.74) is 0. The van der Waals surface area contributed by atoms with Crippen LogP contribution in [0.3, 0.4) is 0 Å². The lowest BCUT2D eigenvalue weighted by molar-refractivity contribution is -0.137. The zero-order valence-electron chi connectivity index (χ0n) is 12.5. The third kappa shape index (κ3) is 7.03. The van der Waals surface area contributed by atoms with Crippen molar-refractivity contribution in [2.75, 3.05) is 11.9 Å². The standard InChI is InChI=1S/C13H22N4O3S/c1-8(2)10(4-5-11(18)19)6-7-14-12(20)16-13-15-9(3)17-21-13/h8,10H,4-7H2,1-3H3,(H,18,19)(H2,14,15,16,17,20). The largest absolute Gasteiger partial charge is 0.481 e. The van der Waals surface area contributed by atoms with Gasteiger partial charge in [-0.15, -0.1) is 0 Å². The molecule has 7 nitrogen and oxygen atoms in total. The van der Waals surface area contributed by atoms with Crippen LogP contribution in [0.5, 0.6) is 0 Å². The average Bonchev–Trinajstić information content (AvgIpc) is 2.78. The number of urea groups is 1. The van der Waals surface area contributed by atoms with Gasteiger partial charge in [-0.3, -0.25) is 10.1 Å². The van der Waals surface area contributed by atoms with Crippen LogP contribution >= 0.6 is 11.5 Å². The molecule has 21 heavy (non-hydrogen) atoms. The second-order valence-corrected chi connectivity index (χ2v) is 6.00. The predicted molar refractivity (Wildman–Crippen MR) is 81.5 cm³/mol. The smallest absolute Gasteiger partial charge is 0.321 e. The number of nitrogens with zero attached hydrogens (tertiary/aromatic N) is 2. The molecule has 0 aromatic carbocycles. The number of carbonyl (C=O) groups excluding carboxylic acids is 1. The topological polar surface area (TPSA) is 104 Å². The average molecular weight is 314 g/mol. The highest BCUT2D eigenvalue weighted by atomic mass is 32.1. The molecule has 0 aliphatic rings. The van der Waals surface area contributed by atoms with E-state index in [4.69, 9.17) is 5.11 Å². The molecule has 0 aliphatic heterocycles. The summed E-state index contributed by atoms with van der Waals surface area (Å²) < 4.78 is 3.97. The molecule has 2 amide bonds. The third-order valence-electron chi connectivity index (χ3n) is 3.22. The highest BCUT2D eigenvalue weighted by Gasteiger charge is 2.15. The molecule has 1 aromatic rings. The summed E-state index contributed by atoms with van der Waals surface area (Å²) in [4.78, 5) is 26.3. The minimum absolute atomic E-state index is 0.166. The van der Waals surface area contributed by atoms with Gasteiger partial charge in [0.05, 0.1) is 0 Å². The molecule has 0 aliphatic carbocycles. The van der Waals surface area contributed by atoms with Crippen molar-refractivity contribution in [3.05, 3.63) is 5.82 Å². The number of carboxylic acids is 1. The van der Waals surface area contributed by atoms with Gasteiger partial charge in [0.25, 0.3) is 0 Å². The Balaban J connectivity index is 2.29. The quantitative estimate of drug-likeness (QED) is 0.684. The van der Waals surface area contributed by atoms with E-state index in [2.05, 4.69) is 33.8 Å². The fourth-order valence-electron chi connectivity index (χ4n) is 1.98. The van der Waals surface area contributed by atoms with Crippen molar-refractivity contribution in [3.8, 4) is 0 Å². The Kier molecular flexibility index (Phi) is 7.07. The Hall–Kier alpha value is -1.70. The second-order valence-electron chi connectivity index (χ2n) is 5.25. The molecule has 118 valence electrons. The number of carboxylic acid groups (broad SMARTS) is 1. The Morgan fingerprint density at radius 2 is 2.05 bits per heavy atom. The van der Waals surface area contributed by atoms with Gasteiger partial charge in [0, 0.05) is 24.5 Å². The molecule has 0 saturated carbocycles. The van der Waals surface area contributed by atoms with Crippen LogP contribution in [0.2, 0.25) is 0 Å². The van der Waals surface area contributed by atoms with E-state index in [-0.39, 0.29) is 18.4 Å². The molecule has 1 unspecified atom stereocenters. The van der Waals surface area contributed by atoms with Gasteiger partial charge in [-0.25, -0.2) is 9.78 Å². The van der Waals surface area contributed by atoms with Gasteiger partial charge in [0.1, 0.15) is 5.82 Å². The van der Waals surface area contributed by atoms with E-state index in [1.807, 2.05) is 0 Å². The monoisotopic (exact) mass is 314 g/mol. The SMILES string of the molecule is Cc1nsc(NC(=O)NCCC(CCC(=O)O)C(C)C)n1. The second kappa shape index (κ2) is 8.56. The summed E-state index contributed by atoms with van der Waals surface area (Å²) in [5, 5.41) is 14.6. The van der Waals surface area contributed by atoms with Crippen LogP contribution in [0.4, 0.5) is 9.93 Å². The Bertz CT molecular complexity index is 476. The van der Waals surface area contributed by atoms with Crippen molar-refractivity contribution in [2.45, 2.75) is 40.0 Å². The van der Waals surface area contributed by atoms with E-state index in [1.165, 1.54) is 0 Å². The molecule has 0 fully saturated rings. The zero-order chi connectivity index (χ0) is 15.8. The number of aryl methyl sites for hydroxylation is 1. The van der Waals surface area contributed by atoms with Gasteiger partial charge in [0.2, 0.25) is 5.13 Å². The number of hydrogen-bond acceptors (Lipinski definition) is 5. The molecule has 1 rings (SSSR count). The van der Waals surface area contributed by atoms with Gasteiger partial charge in [0.15, 0.2) is 0 Å². The number of nitrogens with one attached hydrogen (secondary N) is 2. The van der Waals surface area contributed by atoms with Crippen LogP contribution in [0.25, 0.3) is 0 Å². The van der Waals surface area contributed by atoms with Crippen molar-refractivity contribution < 1.29 is 14.7 Å². The molecule has 0 bridgehead atoms. The lowest BCUT2D eigenvalue weighted by Crippen LogP contribution is -2.31. The highest BCUT2D eigenvalue weighted by Crippen LogP contribution is 2.20. The maximum Gasteiger partial charge on any atom is 0.321 e. The Labute approximate surface area is 128 Å². The van der Waals surface area contributed by atoms with Gasteiger partial charge >= 0.3 is 12.0 Å². The van der Waals surface area contributed by atoms with Crippen LogP contribution in [-0.2, 0) is 4.79 Å². The van der Waals surface area contributed by atoms with Crippen LogP contribution in [0.1, 0.15) is 38.9 Å². The molecule has 0 radical (unpaired) electrons. The number of rotatable bonds is 8. The molecule has 1 atom stereocenters. The molecule has 0 saturated heterocycles. The highest BCUT2D eigenvalue weighted by molar-refractivity contribution is 7.09. The molecule has 0 spiro atoms. The van der Waals surface area contributed by atoms with Crippen LogP contribution in [0, 0.1) is 18.8 Å². The Morgan fingerprint density at radius 1 is 1.33 bits per heavy atom. The normalized spacial score (nSPS) is 12.2. The summed E-state index contributed by atoms with van der Waals surface area (Å²) in [6.45, 7) is 6.40. The number of anilines is 1. The van der Waals surface area contributed by atoms with Gasteiger partial charge in [-0.1, -0.05) is 13.8 Å². The fourth-order valence-corrected chi connectivity index (χ4v) is 2.55. The number of hydrogen-bond donors (Lipinski definition) is 3. The van der Waals surface area contributed by atoms with E-state index in [1.54, 1.807) is 6.92 Å². The summed E-state index contributed by atoms with van der Waals surface area (Å²) in [6.07, 6.45) is 1.55. The van der Waals surface area contributed by atoms with E-state index < -0.39 is 5.97 Å². The first-order valence-corrected chi connectivity index (χ1v) is 7.72. The molecular formula is C13H22N4O3S. The van der Waals surface area contributed by atoms with Gasteiger partial charge in [-0.05, 0) is 31.6 Å². The number of amides is 2. The number of aromatic nitrogens is 2. The van der Waals surface area contributed by atoms with E-state index in [0.29, 0.717) is 29.8 Å². The first-order chi connectivity index (χ1) is 9.88. The summed E-state index contributed by atoms with van der Waals surface area (Å²) in [5.74, 6) is 0.520. The van der Waals surface area contributed by atoms with E-state index >= 15 is 0 Å². The van der Waals surface area contributed by atoms with Gasteiger partial charge < -0.3 is 10.4 Å². The summed E-state index contributed by atoms with van der Waals surface area (Å²) in [6, 6.07) is -0.313. The predicted octanol–water partition coefficient (Wildman–Crippen LogP) is 2.50. The minimum atomic E-state index is -0.780. The molecule has 3 N–H and O–H groups in total. The Morgan fingerprint density at radius 3 is 2.57 bits per heavy atom. The van der Waals surface area contributed by atoms with Crippen molar-refractivity contribution in [1.29, 1.82) is 0 Å². The molecule has 8 heteroatoms. The van der Waals surface area contributed by atoms with Crippen LogP contribution < -0.4 is 10.6 Å². The van der Waals surface area contributed by atoms with Crippen LogP contribution in [-0.4, -0.2) is 33.0 Å². The zero-order valence-corrected chi connectivity index (χ0v) is 13.4. The fraction of sp³-hybridized carbons (Fsp3) is 0.692. The molecular weight excluding hydrogens is 292 g/mol. The number of aliphatic carboxylic acids is 1. The maximum atomic E-state index is 11.7. The first kappa shape index (κ1) is 17.4. The minimum Gasteiger partial charge on any atom is -0.481 e. The third-order valence-corrected chi connectivity index (χ3v) is 3.94. The lowest BCUT2D eigenvalue weighted by atomic mass is 9.88. The first-order valence-electron chi connectivity index (χ1n) is 6.95. The summed E-state index contributed by atoms with van der Waals surface area (Å²) in [7, 11) is 0. The lowest BCUT2D eigenvalue weighted by Gasteiger charge is -2.20. The van der Waals surface area contributed by atoms with Crippen molar-refractivity contribution in [1.82, 2.24) is 14.7 Å². The number of carbonyl (C=O) groups is 2. The molecule has 1 heterocycles. The summed E-state index contributed by atoms with van der Waals surface area (Å²) >= 11 is 1.14. The van der Waals surface area contributed by atoms with E-state index in [0.717, 1.165) is 18.0 Å². The maximum absolute atomic E-state index is 11.7. The van der Waals surface area contributed by atoms with Crippen LogP contribution in [0.15, 0.2) is 0 Å². The van der Waals surface area contributed by atoms with Gasteiger partial charge in [-0.2, -0.15) is 4.37 Å². The van der Waals surface area contributed by atoms with Crippen molar-refractivity contribution >= 4 is 28.7 Å². The van der Waals surface area contributed by atoms with Crippen molar-refractivity contribution in [2.24, 2.45) is 11.8 Å². The van der Waals surface area contributed by atoms with Crippen molar-refractivity contribution in [3.63, 3.8) is 0 Å².